The van der Waals surface area contributed by atoms with Crippen molar-refractivity contribution in [1.82, 2.24) is 20.2 Å². The molecule has 10 heteroatoms. The van der Waals surface area contributed by atoms with Crippen molar-refractivity contribution in [2.45, 2.75) is 25.2 Å². The Kier molecular flexibility index (Phi) is 4.45. The van der Waals surface area contributed by atoms with E-state index in [2.05, 4.69) is 30.2 Å². The first-order valence-corrected chi connectivity index (χ1v) is 8.20. The standard InChI is InChI=1S/C10H14N6O2S2/c1-3-4-11-9-12-5-8(6-13-9)20(17,18)16-10-15-14-7(2)19-10/h5-6H,3-4H2,1-2H3,(H,15,16)(H,11,12,13). The summed E-state index contributed by atoms with van der Waals surface area (Å²) in [5.74, 6) is 0.401. The molecular weight excluding hydrogens is 300 g/mol. The third-order valence-corrected chi connectivity index (χ3v) is 4.40. The van der Waals surface area contributed by atoms with Crippen LogP contribution in [0, 0.1) is 6.92 Å². The number of aromatic nitrogens is 4. The van der Waals surface area contributed by atoms with Gasteiger partial charge in [-0.2, -0.15) is 0 Å². The molecule has 20 heavy (non-hydrogen) atoms. The van der Waals surface area contributed by atoms with Gasteiger partial charge < -0.3 is 5.32 Å². The summed E-state index contributed by atoms with van der Waals surface area (Å²) in [7, 11) is -3.73. The molecule has 0 unspecified atom stereocenters. The van der Waals surface area contributed by atoms with E-state index in [9.17, 15) is 8.42 Å². The van der Waals surface area contributed by atoms with Crippen LogP contribution < -0.4 is 10.0 Å². The Balaban J connectivity index is 2.13. The largest absolute Gasteiger partial charge is 0.354 e. The summed E-state index contributed by atoms with van der Waals surface area (Å²) in [6, 6.07) is 0. The van der Waals surface area contributed by atoms with Crippen molar-refractivity contribution in [3.8, 4) is 0 Å². The average molecular weight is 314 g/mol. The number of aryl methyl sites for hydroxylation is 1. The average Bonchev–Trinajstić information content (AvgIpc) is 2.81. The smallest absolute Gasteiger partial charge is 0.266 e. The predicted octanol–water partition coefficient (Wildman–Crippen LogP) is 1.26. The molecule has 2 aromatic heterocycles. The molecule has 0 aromatic carbocycles. The third kappa shape index (κ3) is 3.61. The fourth-order valence-corrected chi connectivity index (χ4v) is 3.01. The number of nitrogens with zero attached hydrogens (tertiary/aromatic N) is 4. The summed E-state index contributed by atoms with van der Waals surface area (Å²) in [5.41, 5.74) is 0. The van der Waals surface area contributed by atoms with Crippen molar-refractivity contribution in [3.05, 3.63) is 17.4 Å². The molecule has 0 atom stereocenters. The first-order chi connectivity index (χ1) is 9.51. The molecule has 0 amide bonds. The van der Waals surface area contributed by atoms with Gasteiger partial charge in [-0.05, 0) is 13.3 Å². The molecule has 8 nitrogen and oxygen atoms in total. The van der Waals surface area contributed by atoms with Crippen molar-refractivity contribution in [1.29, 1.82) is 0 Å². The predicted molar refractivity (Wildman–Crippen MR) is 76.3 cm³/mol. The Hall–Kier alpha value is -1.81. The first kappa shape index (κ1) is 14.6. The SMILES string of the molecule is CCCNc1ncc(S(=O)(=O)Nc2nnc(C)s2)cn1. The monoisotopic (exact) mass is 314 g/mol. The van der Waals surface area contributed by atoms with Gasteiger partial charge in [0.25, 0.3) is 10.0 Å². The summed E-state index contributed by atoms with van der Waals surface area (Å²) in [5, 5.41) is 11.3. The van der Waals surface area contributed by atoms with Crippen LogP contribution in [-0.2, 0) is 10.0 Å². The molecule has 0 radical (unpaired) electrons. The van der Waals surface area contributed by atoms with Gasteiger partial charge in [0.1, 0.15) is 9.90 Å². The molecule has 0 aliphatic heterocycles. The molecule has 0 saturated heterocycles. The first-order valence-electron chi connectivity index (χ1n) is 5.90. The van der Waals surface area contributed by atoms with Gasteiger partial charge >= 0.3 is 0 Å². The lowest BCUT2D eigenvalue weighted by Gasteiger charge is -2.05. The summed E-state index contributed by atoms with van der Waals surface area (Å²) in [6.45, 7) is 4.49. The summed E-state index contributed by atoms with van der Waals surface area (Å²) >= 11 is 1.16. The maximum atomic E-state index is 12.1. The summed E-state index contributed by atoms with van der Waals surface area (Å²) < 4.78 is 26.5. The fraction of sp³-hybridized carbons (Fsp3) is 0.400. The van der Waals surface area contributed by atoms with Crippen molar-refractivity contribution in [2.75, 3.05) is 16.6 Å². The number of nitrogens with one attached hydrogen (secondary N) is 2. The van der Waals surface area contributed by atoms with Gasteiger partial charge in [0.05, 0.1) is 12.4 Å². The zero-order chi connectivity index (χ0) is 14.6. The maximum Gasteiger partial charge on any atom is 0.266 e. The van der Waals surface area contributed by atoms with Gasteiger partial charge in [0.15, 0.2) is 0 Å². The van der Waals surface area contributed by atoms with Gasteiger partial charge in [-0.3, -0.25) is 4.72 Å². The van der Waals surface area contributed by atoms with Gasteiger partial charge in [-0.15, -0.1) is 10.2 Å². The number of anilines is 2. The lowest BCUT2D eigenvalue weighted by atomic mass is 10.5. The Bertz CT molecular complexity index is 667. The minimum absolute atomic E-state index is 0.0209. The molecular formula is C10H14N6O2S2. The second kappa shape index (κ2) is 6.09. The van der Waals surface area contributed by atoms with Crippen molar-refractivity contribution in [3.63, 3.8) is 0 Å². The number of hydrogen-bond acceptors (Lipinski definition) is 8. The molecule has 2 aromatic rings. The minimum atomic E-state index is -3.73. The van der Waals surface area contributed by atoms with Crippen LogP contribution in [0.1, 0.15) is 18.4 Å². The highest BCUT2D eigenvalue weighted by atomic mass is 32.2. The van der Waals surface area contributed by atoms with Gasteiger partial charge in [-0.1, -0.05) is 18.3 Å². The second-order valence-corrected chi connectivity index (χ2v) is 6.76. The molecule has 2 heterocycles. The van der Waals surface area contributed by atoms with Crippen LogP contribution >= 0.6 is 11.3 Å². The molecule has 0 aliphatic rings. The van der Waals surface area contributed by atoms with Crippen LogP contribution in [-0.4, -0.2) is 35.1 Å². The molecule has 0 bridgehead atoms. The Labute approximate surface area is 120 Å². The van der Waals surface area contributed by atoms with E-state index in [0.717, 1.165) is 24.3 Å². The van der Waals surface area contributed by atoms with Crippen molar-refractivity contribution in [2.24, 2.45) is 0 Å². The topological polar surface area (TPSA) is 110 Å². The number of hydrogen-bond donors (Lipinski definition) is 2. The van der Waals surface area contributed by atoms with Crippen LogP contribution in [0.15, 0.2) is 17.3 Å². The third-order valence-electron chi connectivity index (χ3n) is 2.22. The summed E-state index contributed by atoms with van der Waals surface area (Å²) in [4.78, 5) is 7.89. The van der Waals surface area contributed by atoms with E-state index < -0.39 is 10.0 Å². The lowest BCUT2D eigenvalue weighted by molar-refractivity contribution is 0.600. The maximum absolute atomic E-state index is 12.1. The van der Waals surface area contributed by atoms with E-state index >= 15 is 0 Å². The Morgan fingerprint density at radius 3 is 2.50 bits per heavy atom. The molecule has 0 saturated carbocycles. The Morgan fingerprint density at radius 1 is 1.25 bits per heavy atom. The van der Waals surface area contributed by atoms with E-state index in [1.807, 2.05) is 6.92 Å². The Morgan fingerprint density at radius 2 is 1.95 bits per heavy atom. The zero-order valence-electron chi connectivity index (χ0n) is 11.0. The van der Waals surface area contributed by atoms with Crippen LogP contribution in [0.3, 0.4) is 0 Å². The van der Waals surface area contributed by atoms with E-state index in [0.29, 0.717) is 11.0 Å². The second-order valence-electron chi connectivity index (χ2n) is 3.90. The van der Waals surface area contributed by atoms with Crippen LogP contribution in [0.5, 0.6) is 0 Å². The summed E-state index contributed by atoms with van der Waals surface area (Å²) in [6.07, 6.45) is 3.43. The highest BCUT2D eigenvalue weighted by molar-refractivity contribution is 7.93. The van der Waals surface area contributed by atoms with Crippen LogP contribution in [0.4, 0.5) is 11.1 Å². The fourth-order valence-electron chi connectivity index (χ4n) is 1.29. The molecule has 0 fully saturated rings. The zero-order valence-corrected chi connectivity index (χ0v) is 12.6. The van der Waals surface area contributed by atoms with E-state index in [1.165, 1.54) is 12.4 Å². The quantitative estimate of drug-likeness (QED) is 0.825. The van der Waals surface area contributed by atoms with E-state index in [4.69, 9.17) is 0 Å². The van der Waals surface area contributed by atoms with Crippen molar-refractivity contribution >= 4 is 32.4 Å². The van der Waals surface area contributed by atoms with Crippen LogP contribution in [0.2, 0.25) is 0 Å². The van der Waals surface area contributed by atoms with Gasteiger partial charge in [0.2, 0.25) is 11.1 Å². The lowest BCUT2D eigenvalue weighted by Crippen LogP contribution is -2.14. The molecule has 2 rings (SSSR count). The van der Waals surface area contributed by atoms with Gasteiger partial charge in [0, 0.05) is 6.54 Å². The van der Waals surface area contributed by atoms with E-state index in [1.54, 1.807) is 6.92 Å². The number of sulfonamides is 1. The molecule has 0 spiro atoms. The highest BCUT2D eigenvalue weighted by Gasteiger charge is 2.17. The minimum Gasteiger partial charge on any atom is -0.354 e. The van der Waals surface area contributed by atoms with E-state index in [-0.39, 0.29) is 10.0 Å². The highest BCUT2D eigenvalue weighted by Crippen LogP contribution is 2.18. The number of rotatable bonds is 6. The van der Waals surface area contributed by atoms with Crippen LogP contribution in [0.25, 0.3) is 0 Å². The van der Waals surface area contributed by atoms with Gasteiger partial charge in [-0.25, -0.2) is 18.4 Å². The molecule has 108 valence electrons. The van der Waals surface area contributed by atoms with Crippen molar-refractivity contribution < 1.29 is 8.42 Å². The molecule has 0 aliphatic carbocycles. The normalized spacial score (nSPS) is 11.3. The molecule has 2 N–H and O–H groups in total.